The van der Waals surface area contributed by atoms with Crippen LogP contribution < -0.4 is 10.2 Å². The molecule has 0 saturated carbocycles. The molecule has 0 amide bonds. The fourth-order valence-electron chi connectivity index (χ4n) is 2.08. The molecular weight excluding hydrogens is 316 g/mol. The fourth-order valence-corrected chi connectivity index (χ4v) is 2.43. The lowest BCUT2D eigenvalue weighted by molar-refractivity contribution is 0.199. The van der Waals surface area contributed by atoms with Crippen LogP contribution in [0.2, 0.25) is 0 Å². The number of halogens is 1. The summed E-state index contributed by atoms with van der Waals surface area (Å²) in [5, 5.41) is 3.42. The molecule has 1 aromatic rings. The Balaban J connectivity index is 2.84. The number of benzene rings is 1. The van der Waals surface area contributed by atoms with E-state index >= 15 is 0 Å². The highest BCUT2D eigenvalue weighted by atomic mass is 79.9. The molecule has 0 aliphatic heterocycles. The van der Waals surface area contributed by atoms with E-state index in [-0.39, 0.29) is 0 Å². The summed E-state index contributed by atoms with van der Waals surface area (Å²) >= 11 is 3.58. The third-order valence-corrected chi connectivity index (χ3v) is 4.29. The number of hydrogen-bond acceptors (Lipinski definition) is 3. The molecule has 20 heavy (non-hydrogen) atoms. The van der Waals surface area contributed by atoms with Crippen LogP contribution in [0.3, 0.4) is 0 Å². The summed E-state index contributed by atoms with van der Waals surface area (Å²) in [5.74, 6) is 0.619. The zero-order valence-corrected chi connectivity index (χ0v) is 14.8. The molecule has 0 aromatic heterocycles. The Hall–Kier alpha value is -0.580. The van der Waals surface area contributed by atoms with Gasteiger partial charge in [-0.3, -0.25) is 0 Å². The van der Waals surface area contributed by atoms with Crippen LogP contribution in [0, 0.1) is 5.92 Å². The van der Waals surface area contributed by atoms with Crippen LogP contribution in [0.25, 0.3) is 0 Å². The summed E-state index contributed by atoms with van der Waals surface area (Å²) in [6.45, 7) is 9.26. The van der Waals surface area contributed by atoms with Gasteiger partial charge in [0.25, 0.3) is 0 Å². The molecule has 1 unspecified atom stereocenters. The maximum Gasteiger partial charge on any atom is 0.0587 e. The average molecular weight is 343 g/mol. The monoisotopic (exact) mass is 342 g/mol. The van der Waals surface area contributed by atoms with E-state index in [0.717, 1.165) is 24.2 Å². The molecule has 114 valence electrons. The van der Waals surface area contributed by atoms with Crippen molar-refractivity contribution >= 4 is 21.6 Å². The Morgan fingerprint density at radius 2 is 2.00 bits per heavy atom. The number of nitrogens with one attached hydrogen (secondary N) is 1. The Morgan fingerprint density at radius 1 is 1.30 bits per heavy atom. The van der Waals surface area contributed by atoms with E-state index in [9.17, 15) is 0 Å². The average Bonchev–Trinajstić information content (AvgIpc) is 2.43. The van der Waals surface area contributed by atoms with Gasteiger partial charge in [0.15, 0.2) is 0 Å². The standard InChI is InChI=1S/C16H27BrN2O/c1-12(2)13(3)19(4)16-10-15(17)7-6-14(16)11-18-8-9-20-5/h6-7,10,12-13,18H,8-9,11H2,1-5H3. The van der Waals surface area contributed by atoms with Gasteiger partial charge in [-0.2, -0.15) is 0 Å². The van der Waals surface area contributed by atoms with Crippen molar-refractivity contribution in [2.45, 2.75) is 33.4 Å². The third-order valence-electron chi connectivity index (χ3n) is 3.80. The van der Waals surface area contributed by atoms with E-state index < -0.39 is 0 Å². The van der Waals surface area contributed by atoms with Gasteiger partial charge in [-0.1, -0.05) is 35.8 Å². The molecule has 1 atom stereocenters. The molecule has 0 spiro atoms. The van der Waals surface area contributed by atoms with E-state index in [0.29, 0.717) is 12.0 Å². The molecule has 0 fully saturated rings. The Kier molecular flexibility index (Phi) is 7.56. The predicted octanol–water partition coefficient (Wildman–Crippen LogP) is 3.67. The van der Waals surface area contributed by atoms with E-state index in [1.54, 1.807) is 7.11 Å². The SMILES string of the molecule is COCCNCc1ccc(Br)cc1N(C)C(C)C(C)C. The quantitative estimate of drug-likeness (QED) is 0.729. The molecule has 0 aliphatic carbocycles. The normalized spacial score (nSPS) is 12.8. The second-order valence-electron chi connectivity index (χ2n) is 5.54. The summed E-state index contributed by atoms with van der Waals surface area (Å²) in [7, 11) is 3.90. The lowest BCUT2D eigenvalue weighted by Gasteiger charge is -2.32. The third kappa shape index (κ3) is 5.08. The lowest BCUT2D eigenvalue weighted by Crippen LogP contribution is -2.34. The molecule has 0 bridgehead atoms. The Bertz CT molecular complexity index is 409. The van der Waals surface area contributed by atoms with Crippen molar-refractivity contribution in [3.63, 3.8) is 0 Å². The van der Waals surface area contributed by atoms with Crippen molar-refractivity contribution in [1.29, 1.82) is 0 Å². The van der Waals surface area contributed by atoms with Gasteiger partial charge in [-0.05, 0) is 30.5 Å². The van der Waals surface area contributed by atoms with Gasteiger partial charge < -0.3 is 15.0 Å². The Morgan fingerprint density at radius 3 is 2.60 bits per heavy atom. The summed E-state index contributed by atoms with van der Waals surface area (Å²) in [6, 6.07) is 6.99. The molecule has 0 radical (unpaired) electrons. The maximum absolute atomic E-state index is 5.07. The molecule has 4 heteroatoms. The van der Waals surface area contributed by atoms with Crippen molar-refractivity contribution < 1.29 is 4.74 Å². The molecule has 1 rings (SSSR count). The summed E-state index contributed by atoms with van der Waals surface area (Å²) < 4.78 is 6.19. The smallest absolute Gasteiger partial charge is 0.0587 e. The van der Waals surface area contributed by atoms with Gasteiger partial charge in [-0.25, -0.2) is 0 Å². The summed E-state index contributed by atoms with van der Waals surface area (Å²) in [6.07, 6.45) is 0. The van der Waals surface area contributed by atoms with Gasteiger partial charge in [0, 0.05) is 43.4 Å². The Labute approximate surface area is 131 Å². The minimum Gasteiger partial charge on any atom is -0.383 e. The first-order valence-corrected chi connectivity index (χ1v) is 7.97. The van der Waals surface area contributed by atoms with E-state index in [2.05, 4.69) is 72.2 Å². The molecular formula is C16H27BrN2O. The van der Waals surface area contributed by atoms with Crippen molar-refractivity contribution in [2.24, 2.45) is 5.92 Å². The zero-order valence-electron chi connectivity index (χ0n) is 13.2. The highest BCUT2D eigenvalue weighted by Gasteiger charge is 2.16. The minimum absolute atomic E-state index is 0.502. The van der Waals surface area contributed by atoms with Crippen LogP contribution in [0.5, 0.6) is 0 Å². The van der Waals surface area contributed by atoms with E-state index in [4.69, 9.17) is 4.74 Å². The fraction of sp³-hybridized carbons (Fsp3) is 0.625. The highest BCUT2D eigenvalue weighted by molar-refractivity contribution is 9.10. The van der Waals surface area contributed by atoms with Crippen LogP contribution in [0.15, 0.2) is 22.7 Å². The molecule has 0 heterocycles. The van der Waals surface area contributed by atoms with Crippen LogP contribution in [-0.4, -0.2) is 33.4 Å². The lowest BCUT2D eigenvalue weighted by atomic mass is 10.0. The van der Waals surface area contributed by atoms with Gasteiger partial charge in [-0.15, -0.1) is 0 Å². The van der Waals surface area contributed by atoms with Crippen LogP contribution >= 0.6 is 15.9 Å². The van der Waals surface area contributed by atoms with Crippen LogP contribution in [0.4, 0.5) is 5.69 Å². The molecule has 1 aromatic carbocycles. The number of methoxy groups -OCH3 is 1. The molecule has 1 N–H and O–H groups in total. The predicted molar refractivity (Wildman–Crippen MR) is 90.4 cm³/mol. The van der Waals surface area contributed by atoms with Gasteiger partial charge in [0.1, 0.15) is 0 Å². The first-order chi connectivity index (χ1) is 9.47. The second-order valence-corrected chi connectivity index (χ2v) is 6.45. The summed E-state index contributed by atoms with van der Waals surface area (Å²) in [5.41, 5.74) is 2.60. The van der Waals surface area contributed by atoms with E-state index in [1.165, 1.54) is 11.3 Å². The van der Waals surface area contributed by atoms with Crippen molar-refractivity contribution in [1.82, 2.24) is 5.32 Å². The van der Waals surface area contributed by atoms with Gasteiger partial charge in [0.2, 0.25) is 0 Å². The van der Waals surface area contributed by atoms with Crippen molar-refractivity contribution in [3.05, 3.63) is 28.2 Å². The number of ether oxygens (including phenoxy) is 1. The first kappa shape index (κ1) is 17.5. The second kappa shape index (κ2) is 8.65. The first-order valence-electron chi connectivity index (χ1n) is 7.18. The van der Waals surface area contributed by atoms with E-state index in [1.807, 2.05) is 0 Å². The molecule has 0 saturated heterocycles. The topological polar surface area (TPSA) is 24.5 Å². The van der Waals surface area contributed by atoms with Crippen LogP contribution in [0.1, 0.15) is 26.3 Å². The zero-order chi connectivity index (χ0) is 15.1. The maximum atomic E-state index is 5.07. The number of anilines is 1. The van der Waals surface area contributed by atoms with Crippen molar-refractivity contribution in [2.75, 3.05) is 32.2 Å². The van der Waals surface area contributed by atoms with Gasteiger partial charge >= 0.3 is 0 Å². The largest absolute Gasteiger partial charge is 0.383 e. The summed E-state index contributed by atoms with van der Waals surface area (Å²) in [4.78, 5) is 2.36. The molecule has 0 aliphatic rings. The highest BCUT2D eigenvalue weighted by Crippen LogP contribution is 2.27. The molecule has 3 nitrogen and oxygen atoms in total. The van der Waals surface area contributed by atoms with Crippen molar-refractivity contribution in [3.8, 4) is 0 Å². The minimum atomic E-state index is 0.502. The van der Waals surface area contributed by atoms with Gasteiger partial charge in [0.05, 0.1) is 6.61 Å². The number of rotatable bonds is 8. The number of nitrogens with zero attached hydrogens (tertiary/aromatic N) is 1. The van der Waals surface area contributed by atoms with Crippen LogP contribution in [-0.2, 0) is 11.3 Å². The number of hydrogen-bond donors (Lipinski definition) is 1.